The molecule has 318 valence electrons. The number of oxime groups is 1. The highest BCUT2D eigenvalue weighted by Crippen LogP contribution is 2.62. The molecular formula is C46H56ClFN2O8S. The van der Waals surface area contributed by atoms with Gasteiger partial charge in [-0.25, -0.2) is 9.18 Å². The number of carbonyl (C=O) groups excluding carboxylic acids is 1. The molecule has 0 radical (unpaired) electrons. The maximum Gasteiger partial charge on any atom is 0.410 e. The summed E-state index contributed by atoms with van der Waals surface area (Å²) in [7, 11) is 0. The fraction of sp³-hybridized carbons (Fsp3) is 0.478. The van der Waals surface area contributed by atoms with Gasteiger partial charge in [0.05, 0.1) is 24.1 Å². The molecule has 0 bridgehead atoms. The Balaban J connectivity index is 1.59. The molecule has 2 N–H and O–H groups in total. The van der Waals surface area contributed by atoms with Crippen LogP contribution >= 0.6 is 23.4 Å². The van der Waals surface area contributed by atoms with Crippen molar-refractivity contribution >= 4 is 35.2 Å². The van der Waals surface area contributed by atoms with Crippen LogP contribution in [0.4, 0.5) is 9.18 Å². The number of thioether (sulfide) groups is 1. The summed E-state index contributed by atoms with van der Waals surface area (Å²) in [6.07, 6.45) is 10.0. The smallest absolute Gasteiger partial charge is 0.410 e. The zero-order valence-electron chi connectivity index (χ0n) is 33.9. The van der Waals surface area contributed by atoms with Gasteiger partial charge in [0.1, 0.15) is 42.3 Å². The zero-order valence-corrected chi connectivity index (χ0v) is 35.5. The van der Waals surface area contributed by atoms with E-state index < -0.39 is 29.7 Å². The molecule has 1 heterocycles. The standard InChI is InChI=1S/C46H56ClFN2O8S/c1-4-25-55-46-42(50(45(53)54-26-22-47)30-31-12-14-33(48)15-13-31)29-40(49-56-5-2)38-27-32(10-6-8-23-51)37(11-7-9-24-52)43(44(38)46)39-28-35(18-21-41(39)58-46)57-34-16-19-36(59-3)20-17-34/h4,12-21,27-28,32,37,42-44,51-52H,1,5-11,22-26,29-30H2,2-3H3/t32-,37+,42-,43+,44+,46+/m0/s1. The van der Waals surface area contributed by atoms with Crippen molar-refractivity contribution in [3.05, 3.63) is 108 Å². The minimum absolute atomic E-state index is 0.0281. The fourth-order valence-electron chi connectivity index (χ4n) is 8.93. The number of aliphatic hydroxyl groups excluding tert-OH is 2. The van der Waals surface area contributed by atoms with Crippen molar-refractivity contribution in [1.82, 2.24) is 4.90 Å². The maximum atomic E-state index is 14.4. The third-order valence-electron chi connectivity index (χ3n) is 11.4. The highest BCUT2D eigenvalue weighted by atomic mass is 35.5. The van der Waals surface area contributed by atoms with Gasteiger partial charge in [-0.05, 0) is 116 Å². The van der Waals surface area contributed by atoms with Gasteiger partial charge in [-0.15, -0.1) is 29.9 Å². The Morgan fingerprint density at radius 3 is 2.46 bits per heavy atom. The van der Waals surface area contributed by atoms with Crippen molar-refractivity contribution in [3.63, 3.8) is 0 Å². The number of ether oxygens (including phenoxy) is 4. The first kappa shape index (κ1) is 44.5. The summed E-state index contributed by atoms with van der Waals surface area (Å²) < 4.78 is 40.7. The molecule has 6 atom stereocenters. The molecule has 1 fully saturated rings. The number of aliphatic hydroxyl groups is 2. The average Bonchev–Trinajstić information content (AvgIpc) is 3.25. The van der Waals surface area contributed by atoms with E-state index in [-0.39, 0.29) is 63.0 Å². The van der Waals surface area contributed by atoms with Gasteiger partial charge >= 0.3 is 6.09 Å². The lowest BCUT2D eigenvalue weighted by molar-refractivity contribution is -0.256. The Bertz CT molecular complexity index is 1910. The van der Waals surface area contributed by atoms with E-state index in [9.17, 15) is 19.4 Å². The van der Waals surface area contributed by atoms with Gasteiger partial charge in [-0.3, -0.25) is 4.90 Å². The minimum Gasteiger partial charge on any atom is -0.459 e. The number of alkyl halides is 1. The number of unbranched alkanes of at least 4 members (excludes halogenated alkanes) is 2. The summed E-state index contributed by atoms with van der Waals surface area (Å²) in [6.45, 7) is 6.49. The van der Waals surface area contributed by atoms with Crippen molar-refractivity contribution in [2.24, 2.45) is 22.9 Å². The fourth-order valence-corrected chi connectivity index (χ4v) is 9.42. The van der Waals surface area contributed by atoms with Crippen LogP contribution < -0.4 is 9.47 Å². The first-order chi connectivity index (χ1) is 28.8. The Kier molecular flexibility index (Phi) is 16.2. The molecule has 1 aliphatic heterocycles. The van der Waals surface area contributed by atoms with Crippen LogP contribution in [0.5, 0.6) is 17.2 Å². The normalized spacial score (nSPS) is 23.7. The van der Waals surface area contributed by atoms with Gasteiger partial charge in [0, 0.05) is 42.6 Å². The lowest BCUT2D eigenvalue weighted by atomic mass is 9.55. The summed E-state index contributed by atoms with van der Waals surface area (Å²) in [4.78, 5) is 22.9. The molecule has 6 rings (SSSR count). The van der Waals surface area contributed by atoms with Gasteiger partial charge in [0.25, 0.3) is 0 Å². The molecule has 1 amide bonds. The number of halogens is 2. The molecule has 0 saturated heterocycles. The maximum absolute atomic E-state index is 14.4. The van der Waals surface area contributed by atoms with E-state index in [4.69, 9.17) is 40.5 Å². The Hall–Kier alpha value is -4.07. The number of hydrogen-bond donors (Lipinski definition) is 2. The predicted octanol–water partition coefficient (Wildman–Crippen LogP) is 9.87. The lowest BCUT2D eigenvalue weighted by Crippen LogP contribution is -2.70. The van der Waals surface area contributed by atoms with Crippen molar-refractivity contribution in [2.75, 3.05) is 45.2 Å². The van der Waals surface area contributed by atoms with E-state index in [0.717, 1.165) is 41.7 Å². The van der Waals surface area contributed by atoms with Crippen molar-refractivity contribution < 1.29 is 43.2 Å². The summed E-state index contributed by atoms with van der Waals surface area (Å²) in [5, 5.41) is 24.5. The van der Waals surface area contributed by atoms with E-state index in [2.05, 4.69) is 18.7 Å². The van der Waals surface area contributed by atoms with Crippen LogP contribution in [-0.2, 0) is 20.9 Å². The number of hydrogen-bond acceptors (Lipinski definition) is 10. The van der Waals surface area contributed by atoms with Gasteiger partial charge in [-0.2, -0.15) is 0 Å². The second-order valence-corrected chi connectivity index (χ2v) is 16.3. The molecule has 10 nitrogen and oxygen atoms in total. The number of benzene rings is 3. The SMILES string of the molecule is C=CCO[C@@]12Oc3ccc(Oc4ccc(SC)cc4)cc3[C@H]3[C@H](CCCCO)[C@@H](CCCCO)C=C(C(=NOCC)C[C@@H]1N(Cc1ccc(F)cc1)C(=O)OCCCl)[C@H]32. The monoisotopic (exact) mass is 850 g/mol. The number of carbonyl (C=O) groups is 1. The molecule has 3 aromatic carbocycles. The van der Waals surface area contributed by atoms with E-state index >= 15 is 0 Å². The number of nitrogens with zero attached hydrogens (tertiary/aromatic N) is 2. The second-order valence-electron chi connectivity index (χ2n) is 15.0. The lowest BCUT2D eigenvalue weighted by Gasteiger charge is -2.59. The molecule has 3 aromatic rings. The quantitative estimate of drug-likeness (QED) is 0.0355. The molecule has 59 heavy (non-hydrogen) atoms. The molecular weight excluding hydrogens is 795 g/mol. The third kappa shape index (κ3) is 10.3. The van der Waals surface area contributed by atoms with E-state index in [1.54, 1.807) is 34.9 Å². The summed E-state index contributed by atoms with van der Waals surface area (Å²) in [5.41, 5.74) is 3.18. The van der Waals surface area contributed by atoms with Crippen LogP contribution in [0.1, 0.15) is 68.9 Å². The number of amides is 1. The number of fused-ring (bicyclic) bond motifs is 2. The van der Waals surface area contributed by atoms with Crippen molar-refractivity contribution in [2.45, 2.75) is 81.1 Å². The van der Waals surface area contributed by atoms with Crippen LogP contribution in [-0.4, -0.2) is 83.9 Å². The summed E-state index contributed by atoms with van der Waals surface area (Å²) >= 11 is 7.70. The zero-order chi connectivity index (χ0) is 41.8. The summed E-state index contributed by atoms with van der Waals surface area (Å²) in [5.74, 6) is -0.536. The predicted molar refractivity (Wildman–Crippen MR) is 229 cm³/mol. The first-order valence-corrected chi connectivity index (χ1v) is 22.3. The largest absolute Gasteiger partial charge is 0.459 e. The van der Waals surface area contributed by atoms with Gasteiger partial charge in [-0.1, -0.05) is 42.3 Å². The van der Waals surface area contributed by atoms with Gasteiger partial charge in [0.2, 0.25) is 5.79 Å². The molecule has 13 heteroatoms. The molecule has 3 aliphatic rings. The topological polar surface area (TPSA) is 119 Å². The molecule has 2 aliphatic carbocycles. The minimum atomic E-state index is -1.50. The number of rotatable bonds is 21. The van der Waals surface area contributed by atoms with Crippen molar-refractivity contribution in [1.29, 1.82) is 0 Å². The first-order valence-electron chi connectivity index (χ1n) is 20.6. The molecule has 1 saturated carbocycles. The molecule has 0 unspecified atom stereocenters. The van der Waals surface area contributed by atoms with E-state index in [0.29, 0.717) is 48.0 Å². The molecule has 0 aromatic heterocycles. The highest BCUT2D eigenvalue weighted by molar-refractivity contribution is 7.98. The van der Waals surface area contributed by atoms with Crippen LogP contribution in [0, 0.1) is 23.6 Å². The van der Waals surface area contributed by atoms with Crippen LogP contribution in [0.3, 0.4) is 0 Å². The van der Waals surface area contributed by atoms with E-state index in [1.165, 1.54) is 12.1 Å². The Morgan fingerprint density at radius 2 is 1.78 bits per heavy atom. The highest BCUT2D eigenvalue weighted by Gasteiger charge is 2.65. The summed E-state index contributed by atoms with van der Waals surface area (Å²) in [6, 6.07) is 19.0. The van der Waals surface area contributed by atoms with E-state index in [1.807, 2.05) is 49.6 Å². The van der Waals surface area contributed by atoms with Gasteiger partial charge < -0.3 is 34.0 Å². The van der Waals surface area contributed by atoms with Crippen LogP contribution in [0.15, 0.2) is 101 Å². The Labute approximate surface area is 356 Å². The van der Waals surface area contributed by atoms with Crippen LogP contribution in [0.2, 0.25) is 0 Å². The number of allylic oxidation sites excluding steroid dienone is 1. The molecule has 0 spiro atoms. The van der Waals surface area contributed by atoms with Gasteiger partial charge in [0.15, 0.2) is 0 Å². The third-order valence-corrected chi connectivity index (χ3v) is 12.3. The Morgan fingerprint density at radius 1 is 1.05 bits per heavy atom. The average molecular weight is 851 g/mol. The van der Waals surface area contributed by atoms with Crippen LogP contribution in [0.25, 0.3) is 0 Å². The van der Waals surface area contributed by atoms with Crippen molar-refractivity contribution in [3.8, 4) is 17.2 Å². The second kappa shape index (κ2) is 21.4.